The van der Waals surface area contributed by atoms with Crippen LogP contribution < -0.4 is 15.2 Å². The molecule has 0 aliphatic heterocycles. The van der Waals surface area contributed by atoms with E-state index in [2.05, 4.69) is 0 Å². The van der Waals surface area contributed by atoms with Crippen LogP contribution in [-0.2, 0) is 9.84 Å². The van der Waals surface area contributed by atoms with Gasteiger partial charge in [-0.1, -0.05) is 18.2 Å². The molecule has 0 spiro atoms. The number of methoxy groups -OCH3 is 1. The summed E-state index contributed by atoms with van der Waals surface area (Å²) in [5.41, 5.74) is 6.07. The molecule has 0 unspecified atom stereocenters. The molecule has 0 radical (unpaired) electrons. The second-order valence-corrected chi connectivity index (χ2v) is 6.47. The minimum Gasteiger partial charge on any atom is -0.495 e. The van der Waals surface area contributed by atoms with Crippen LogP contribution in [0, 0.1) is 0 Å². The first-order valence-electron chi connectivity index (χ1n) is 6.37. The number of para-hydroxylation sites is 1. The van der Waals surface area contributed by atoms with Crippen LogP contribution >= 0.6 is 0 Å². The second-order valence-electron chi connectivity index (χ2n) is 4.39. The largest absolute Gasteiger partial charge is 0.495 e. The highest BCUT2D eigenvalue weighted by Crippen LogP contribution is 2.27. The molecule has 2 rings (SSSR count). The Bertz CT molecular complexity index is 699. The van der Waals surface area contributed by atoms with Crippen molar-refractivity contribution in [3.63, 3.8) is 0 Å². The van der Waals surface area contributed by atoms with E-state index < -0.39 is 9.84 Å². The lowest BCUT2D eigenvalue weighted by atomic mass is 10.3. The predicted molar refractivity (Wildman–Crippen MR) is 81.4 cm³/mol. The van der Waals surface area contributed by atoms with Crippen molar-refractivity contribution in [3.05, 3.63) is 48.5 Å². The molecule has 2 N–H and O–H groups in total. The van der Waals surface area contributed by atoms with Gasteiger partial charge < -0.3 is 15.2 Å². The molecule has 0 fully saturated rings. The summed E-state index contributed by atoms with van der Waals surface area (Å²) in [4.78, 5) is 0.121. The van der Waals surface area contributed by atoms with Crippen LogP contribution in [0.25, 0.3) is 0 Å². The van der Waals surface area contributed by atoms with Crippen molar-refractivity contribution < 1.29 is 17.9 Å². The first-order chi connectivity index (χ1) is 10.0. The summed E-state index contributed by atoms with van der Waals surface area (Å²) in [7, 11) is -2.08. The normalized spacial score (nSPS) is 11.1. The lowest BCUT2D eigenvalue weighted by molar-refractivity contribution is 0.340. The maximum Gasteiger partial charge on any atom is 0.185 e. The van der Waals surface area contributed by atoms with Gasteiger partial charge in [-0.3, -0.25) is 0 Å². The molecule has 0 aliphatic rings. The average Bonchev–Trinajstić information content (AvgIpc) is 2.47. The fourth-order valence-electron chi connectivity index (χ4n) is 1.84. The van der Waals surface area contributed by atoms with Crippen LogP contribution in [-0.4, -0.2) is 27.9 Å². The van der Waals surface area contributed by atoms with Gasteiger partial charge in [-0.25, -0.2) is 8.42 Å². The molecule has 0 aliphatic carbocycles. The van der Waals surface area contributed by atoms with Gasteiger partial charge in [0, 0.05) is 11.8 Å². The van der Waals surface area contributed by atoms with E-state index in [1.165, 1.54) is 25.3 Å². The van der Waals surface area contributed by atoms with E-state index >= 15 is 0 Å². The summed E-state index contributed by atoms with van der Waals surface area (Å²) in [5, 5.41) is 0. The Morgan fingerprint density at radius 1 is 1.10 bits per heavy atom. The van der Waals surface area contributed by atoms with E-state index in [1.54, 1.807) is 12.1 Å². The fourth-order valence-corrected chi connectivity index (χ4v) is 3.08. The third-order valence-corrected chi connectivity index (χ3v) is 4.60. The van der Waals surface area contributed by atoms with Crippen molar-refractivity contribution in [2.45, 2.75) is 4.90 Å². The van der Waals surface area contributed by atoms with Gasteiger partial charge in [-0.15, -0.1) is 0 Å². The van der Waals surface area contributed by atoms with Crippen LogP contribution in [0.5, 0.6) is 11.5 Å². The van der Waals surface area contributed by atoms with Gasteiger partial charge >= 0.3 is 0 Å². The van der Waals surface area contributed by atoms with Crippen LogP contribution in [0.2, 0.25) is 0 Å². The molecule has 112 valence electrons. The maximum absolute atomic E-state index is 12.3. The number of nitrogens with two attached hydrogens (primary N) is 1. The van der Waals surface area contributed by atoms with Crippen molar-refractivity contribution in [2.24, 2.45) is 0 Å². The Balaban J connectivity index is 2.08. The maximum atomic E-state index is 12.3. The highest BCUT2D eigenvalue weighted by molar-refractivity contribution is 7.91. The zero-order valence-corrected chi connectivity index (χ0v) is 12.5. The molecule has 0 amide bonds. The number of ether oxygens (including phenoxy) is 2. The van der Waals surface area contributed by atoms with Gasteiger partial charge in [0.2, 0.25) is 0 Å². The highest BCUT2D eigenvalue weighted by Gasteiger charge is 2.19. The van der Waals surface area contributed by atoms with Gasteiger partial charge in [-0.05, 0) is 24.3 Å². The monoisotopic (exact) mass is 307 g/mol. The predicted octanol–water partition coefficient (Wildman–Crippen LogP) is 2.13. The molecule has 6 heteroatoms. The Labute approximate surface area is 124 Å². The molecule has 2 aromatic rings. The molecule has 2 aromatic carbocycles. The number of rotatable bonds is 6. The fraction of sp³-hybridized carbons (Fsp3) is 0.200. The molecule has 0 saturated heterocycles. The van der Waals surface area contributed by atoms with Gasteiger partial charge in [0.1, 0.15) is 23.0 Å². The van der Waals surface area contributed by atoms with Gasteiger partial charge in [-0.2, -0.15) is 0 Å². The van der Waals surface area contributed by atoms with Crippen LogP contribution in [0.3, 0.4) is 0 Å². The van der Waals surface area contributed by atoms with Gasteiger partial charge in [0.05, 0.1) is 12.9 Å². The molecular weight excluding hydrogens is 290 g/mol. The topological polar surface area (TPSA) is 78.6 Å². The number of hydrogen-bond donors (Lipinski definition) is 1. The summed E-state index contributed by atoms with van der Waals surface area (Å²) >= 11 is 0. The number of hydrogen-bond acceptors (Lipinski definition) is 5. The van der Waals surface area contributed by atoms with E-state index in [0.717, 1.165) is 0 Å². The van der Waals surface area contributed by atoms with E-state index in [9.17, 15) is 8.42 Å². The Kier molecular flexibility index (Phi) is 4.70. The number of nitrogen functional groups attached to an aromatic ring is 1. The minimum atomic E-state index is -3.50. The van der Waals surface area contributed by atoms with Crippen molar-refractivity contribution in [2.75, 3.05) is 25.2 Å². The third kappa shape index (κ3) is 3.88. The quantitative estimate of drug-likeness (QED) is 0.827. The molecule has 0 atom stereocenters. The van der Waals surface area contributed by atoms with Gasteiger partial charge in [0.25, 0.3) is 0 Å². The molecular formula is C15H17NO4S. The Morgan fingerprint density at radius 3 is 2.48 bits per heavy atom. The van der Waals surface area contributed by atoms with Crippen LogP contribution in [0.4, 0.5) is 5.69 Å². The molecule has 0 heterocycles. The Morgan fingerprint density at radius 2 is 1.81 bits per heavy atom. The van der Waals surface area contributed by atoms with Crippen molar-refractivity contribution >= 4 is 15.5 Å². The minimum absolute atomic E-state index is 0.0693. The standard InChI is InChI=1S/C15H17NO4S/c1-19-14-11-12(16)7-8-15(14)21(17,18)10-9-20-13-5-3-2-4-6-13/h2-8,11H,9-10,16H2,1H3. The van der Waals surface area contributed by atoms with Crippen molar-refractivity contribution in [3.8, 4) is 11.5 Å². The summed E-state index contributed by atoms with van der Waals surface area (Å²) in [5.74, 6) is 0.744. The van der Waals surface area contributed by atoms with E-state index in [1.807, 2.05) is 18.2 Å². The molecule has 0 bridgehead atoms. The van der Waals surface area contributed by atoms with Crippen LogP contribution in [0.15, 0.2) is 53.4 Å². The zero-order chi connectivity index (χ0) is 15.3. The highest BCUT2D eigenvalue weighted by atomic mass is 32.2. The molecule has 5 nitrogen and oxygen atoms in total. The first kappa shape index (κ1) is 15.2. The zero-order valence-electron chi connectivity index (χ0n) is 11.7. The van der Waals surface area contributed by atoms with E-state index in [4.69, 9.17) is 15.2 Å². The summed E-state index contributed by atoms with van der Waals surface area (Å²) < 4.78 is 35.1. The van der Waals surface area contributed by atoms with E-state index in [0.29, 0.717) is 11.4 Å². The first-order valence-corrected chi connectivity index (χ1v) is 8.02. The summed E-state index contributed by atoms with van der Waals surface area (Å²) in [6, 6.07) is 13.5. The summed E-state index contributed by atoms with van der Waals surface area (Å²) in [6.07, 6.45) is 0. The van der Waals surface area contributed by atoms with Crippen molar-refractivity contribution in [1.29, 1.82) is 0 Å². The van der Waals surface area contributed by atoms with Gasteiger partial charge in [0.15, 0.2) is 9.84 Å². The smallest absolute Gasteiger partial charge is 0.185 e. The van der Waals surface area contributed by atoms with Crippen molar-refractivity contribution in [1.82, 2.24) is 0 Å². The number of anilines is 1. The van der Waals surface area contributed by atoms with E-state index in [-0.39, 0.29) is 23.0 Å². The van der Waals surface area contributed by atoms with Crippen LogP contribution in [0.1, 0.15) is 0 Å². The lowest BCUT2D eigenvalue weighted by Crippen LogP contribution is -2.15. The molecule has 0 aromatic heterocycles. The SMILES string of the molecule is COc1cc(N)ccc1S(=O)(=O)CCOc1ccccc1. The Hall–Kier alpha value is -2.21. The number of sulfone groups is 1. The second kappa shape index (κ2) is 6.49. The third-order valence-electron chi connectivity index (χ3n) is 2.89. The number of benzene rings is 2. The molecule has 21 heavy (non-hydrogen) atoms. The average molecular weight is 307 g/mol. The lowest BCUT2D eigenvalue weighted by Gasteiger charge is -2.11. The summed E-state index contributed by atoms with van der Waals surface area (Å²) in [6.45, 7) is 0.0693. The molecule has 0 saturated carbocycles.